The molecule has 25 heavy (non-hydrogen) atoms. The number of rotatable bonds is 5. The molecule has 2 fully saturated rings. The Morgan fingerprint density at radius 3 is 2.96 bits per heavy atom. The zero-order chi connectivity index (χ0) is 17.0. The fourth-order valence-electron chi connectivity index (χ4n) is 4.71. The fourth-order valence-corrected chi connectivity index (χ4v) is 4.71. The van der Waals surface area contributed by atoms with Crippen LogP contribution in [0.15, 0.2) is 24.3 Å². The van der Waals surface area contributed by atoms with E-state index in [1.807, 2.05) is 0 Å². The van der Waals surface area contributed by atoms with Crippen LogP contribution in [0.4, 0.5) is 5.69 Å². The van der Waals surface area contributed by atoms with Gasteiger partial charge in [0.25, 0.3) is 0 Å². The van der Waals surface area contributed by atoms with Crippen LogP contribution in [0.25, 0.3) is 0 Å². The van der Waals surface area contributed by atoms with Gasteiger partial charge >= 0.3 is 0 Å². The molecule has 4 heteroatoms. The highest BCUT2D eigenvalue weighted by molar-refractivity contribution is 5.55. The molecule has 0 unspecified atom stereocenters. The van der Waals surface area contributed by atoms with Crippen molar-refractivity contribution >= 4 is 5.69 Å². The molecular weight excluding hydrogens is 312 g/mol. The summed E-state index contributed by atoms with van der Waals surface area (Å²) in [5.74, 6) is 0. The Bertz CT molecular complexity index is 551. The maximum Gasteiger partial charge on any atom is 0.0741 e. The number of nitrogens with one attached hydrogen (secondary N) is 1. The minimum atomic E-state index is 0.0972. The normalized spacial score (nSPS) is 25.8. The number of nitrogens with zero attached hydrogens (tertiary/aromatic N) is 1. The summed E-state index contributed by atoms with van der Waals surface area (Å²) in [7, 11) is 0. The third-order valence-electron chi connectivity index (χ3n) is 6.14. The highest BCUT2D eigenvalue weighted by Gasteiger charge is 2.38. The average Bonchev–Trinajstić information content (AvgIpc) is 2.66. The van der Waals surface area contributed by atoms with Crippen molar-refractivity contribution in [2.24, 2.45) is 0 Å². The summed E-state index contributed by atoms with van der Waals surface area (Å²) in [6, 6.07) is 9.52. The number of fused-ring (bicyclic) bond motifs is 1. The van der Waals surface area contributed by atoms with Crippen LogP contribution in [0.1, 0.15) is 44.1 Å². The number of benzene rings is 1. The first-order valence-corrected chi connectivity index (χ1v) is 10.1. The highest BCUT2D eigenvalue weighted by atomic mass is 16.5. The molecule has 1 atom stereocenters. The third kappa shape index (κ3) is 4.18. The lowest BCUT2D eigenvalue weighted by Gasteiger charge is -2.43. The van der Waals surface area contributed by atoms with Crippen molar-refractivity contribution < 1.29 is 9.47 Å². The van der Waals surface area contributed by atoms with Gasteiger partial charge < -0.3 is 19.7 Å². The first-order valence-electron chi connectivity index (χ1n) is 10.1. The Hall–Kier alpha value is -1.10. The lowest BCUT2D eigenvalue weighted by atomic mass is 9.84. The molecule has 3 heterocycles. The highest BCUT2D eigenvalue weighted by Crippen LogP contribution is 2.34. The summed E-state index contributed by atoms with van der Waals surface area (Å²) in [6.07, 6.45) is 8.17. The van der Waals surface area contributed by atoms with Crippen molar-refractivity contribution in [3.05, 3.63) is 29.8 Å². The zero-order valence-electron chi connectivity index (χ0n) is 15.3. The molecule has 0 amide bonds. The average molecular weight is 344 g/mol. The van der Waals surface area contributed by atoms with Gasteiger partial charge in [-0.2, -0.15) is 0 Å². The van der Waals surface area contributed by atoms with E-state index in [1.54, 1.807) is 0 Å². The van der Waals surface area contributed by atoms with Crippen LogP contribution in [-0.2, 0) is 15.9 Å². The first kappa shape index (κ1) is 17.3. The van der Waals surface area contributed by atoms with Crippen molar-refractivity contribution in [2.45, 2.75) is 56.6 Å². The SMILES string of the molecule is c1ccc2c(c1)CCCN2CCCN[C@H]1CCOC2(CCOCC2)C1. The molecule has 1 aromatic rings. The first-order chi connectivity index (χ1) is 12.3. The Balaban J connectivity index is 1.22. The summed E-state index contributed by atoms with van der Waals surface area (Å²) >= 11 is 0. The van der Waals surface area contributed by atoms with Crippen LogP contribution in [0, 0.1) is 0 Å². The Morgan fingerprint density at radius 2 is 2.04 bits per heavy atom. The second-order valence-corrected chi connectivity index (χ2v) is 7.86. The van der Waals surface area contributed by atoms with Gasteiger partial charge in [-0.1, -0.05) is 18.2 Å². The second kappa shape index (κ2) is 8.07. The van der Waals surface area contributed by atoms with Gasteiger partial charge in [0.15, 0.2) is 0 Å². The molecule has 138 valence electrons. The smallest absolute Gasteiger partial charge is 0.0741 e. The van der Waals surface area contributed by atoms with E-state index < -0.39 is 0 Å². The van der Waals surface area contributed by atoms with Crippen molar-refractivity contribution in [3.63, 3.8) is 0 Å². The fraction of sp³-hybridized carbons (Fsp3) is 0.714. The molecule has 3 aliphatic rings. The molecule has 0 aromatic heterocycles. The minimum Gasteiger partial charge on any atom is -0.381 e. The van der Waals surface area contributed by atoms with Crippen molar-refractivity contribution in [1.82, 2.24) is 5.32 Å². The van der Waals surface area contributed by atoms with E-state index in [9.17, 15) is 0 Å². The third-order valence-corrected chi connectivity index (χ3v) is 6.14. The molecule has 4 nitrogen and oxygen atoms in total. The van der Waals surface area contributed by atoms with Crippen molar-refractivity contribution in [3.8, 4) is 0 Å². The number of aryl methyl sites for hydroxylation is 1. The Morgan fingerprint density at radius 1 is 1.16 bits per heavy atom. The lowest BCUT2D eigenvalue weighted by molar-refractivity contribution is -0.140. The molecule has 0 aliphatic carbocycles. The van der Waals surface area contributed by atoms with Gasteiger partial charge in [-0.3, -0.25) is 0 Å². The Kier molecular flexibility index (Phi) is 5.59. The zero-order valence-corrected chi connectivity index (χ0v) is 15.3. The maximum absolute atomic E-state index is 6.15. The summed E-state index contributed by atoms with van der Waals surface area (Å²) in [4.78, 5) is 2.57. The molecule has 3 aliphatic heterocycles. The molecule has 1 aromatic carbocycles. The van der Waals surface area contributed by atoms with E-state index in [0.717, 1.165) is 58.6 Å². The van der Waals surface area contributed by atoms with E-state index in [0.29, 0.717) is 6.04 Å². The van der Waals surface area contributed by atoms with E-state index >= 15 is 0 Å². The molecule has 4 rings (SSSR count). The maximum atomic E-state index is 6.15. The van der Waals surface area contributed by atoms with E-state index in [2.05, 4.69) is 34.5 Å². The van der Waals surface area contributed by atoms with E-state index in [4.69, 9.17) is 9.47 Å². The number of hydrogen-bond acceptors (Lipinski definition) is 4. The lowest BCUT2D eigenvalue weighted by Crippen LogP contribution is -2.50. The van der Waals surface area contributed by atoms with Crippen LogP contribution in [-0.4, -0.2) is 51.1 Å². The van der Waals surface area contributed by atoms with Crippen LogP contribution < -0.4 is 10.2 Å². The molecule has 1 spiro atoms. The van der Waals surface area contributed by atoms with Gasteiger partial charge in [0, 0.05) is 44.6 Å². The summed E-state index contributed by atoms with van der Waals surface area (Å²) in [6.45, 7) is 6.10. The van der Waals surface area contributed by atoms with Crippen LogP contribution in [0.3, 0.4) is 0 Å². The predicted octanol–water partition coefficient (Wildman–Crippen LogP) is 3.15. The van der Waals surface area contributed by atoms with Gasteiger partial charge in [0.2, 0.25) is 0 Å². The molecule has 0 saturated carbocycles. The summed E-state index contributed by atoms with van der Waals surface area (Å²) in [5, 5.41) is 3.81. The monoisotopic (exact) mass is 344 g/mol. The van der Waals surface area contributed by atoms with Crippen LogP contribution >= 0.6 is 0 Å². The Labute approximate surface area is 151 Å². The largest absolute Gasteiger partial charge is 0.381 e. The number of hydrogen-bond donors (Lipinski definition) is 1. The number of para-hydroxylation sites is 1. The van der Waals surface area contributed by atoms with E-state index in [-0.39, 0.29) is 5.60 Å². The molecule has 1 N–H and O–H groups in total. The number of anilines is 1. The van der Waals surface area contributed by atoms with Gasteiger partial charge in [-0.15, -0.1) is 0 Å². The molecule has 0 radical (unpaired) electrons. The molecular formula is C21H32N2O2. The standard InChI is InChI=1S/C21H32N2O2/c1-2-7-20-18(5-1)6-3-12-23(20)13-4-11-22-19-8-14-25-21(17-19)9-15-24-16-10-21/h1-2,5,7,19,22H,3-4,6,8-17H2/t19-/m0/s1. The minimum absolute atomic E-state index is 0.0972. The summed E-state index contributed by atoms with van der Waals surface area (Å²) in [5.41, 5.74) is 3.08. The summed E-state index contributed by atoms with van der Waals surface area (Å²) < 4.78 is 11.7. The topological polar surface area (TPSA) is 33.7 Å². The van der Waals surface area contributed by atoms with E-state index in [1.165, 1.54) is 37.1 Å². The van der Waals surface area contributed by atoms with Crippen molar-refractivity contribution in [2.75, 3.05) is 44.4 Å². The molecule has 0 bridgehead atoms. The van der Waals surface area contributed by atoms with Gasteiger partial charge in [-0.25, -0.2) is 0 Å². The van der Waals surface area contributed by atoms with Crippen molar-refractivity contribution in [1.29, 1.82) is 0 Å². The van der Waals surface area contributed by atoms with Crippen LogP contribution in [0.5, 0.6) is 0 Å². The number of ether oxygens (including phenoxy) is 2. The molecule has 2 saturated heterocycles. The second-order valence-electron chi connectivity index (χ2n) is 7.86. The quantitative estimate of drug-likeness (QED) is 0.832. The van der Waals surface area contributed by atoms with Gasteiger partial charge in [0.05, 0.1) is 5.60 Å². The van der Waals surface area contributed by atoms with Crippen LogP contribution in [0.2, 0.25) is 0 Å². The van der Waals surface area contributed by atoms with Gasteiger partial charge in [-0.05, 0) is 63.1 Å². The van der Waals surface area contributed by atoms with Gasteiger partial charge in [0.1, 0.15) is 0 Å². The predicted molar refractivity (Wildman–Crippen MR) is 101 cm³/mol.